The topological polar surface area (TPSA) is 66.8 Å². The van der Waals surface area contributed by atoms with Crippen LogP contribution in [0.5, 0.6) is 0 Å². The third-order valence-corrected chi connectivity index (χ3v) is 5.65. The highest BCUT2D eigenvalue weighted by Crippen LogP contribution is 2.41. The minimum atomic E-state index is -0.538. The van der Waals surface area contributed by atoms with E-state index >= 15 is 0 Å². The van der Waals surface area contributed by atoms with Crippen LogP contribution in [0.3, 0.4) is 0 Å². The van der Waals surface area contributed by atoms with Crippen LogP contribution in [0.4, 0.5) is 0 Å². The lowest BCUT2D eigenvalue weighted by Gasteiger charge is -2.25. The molecule has 0 fully saturated rings. The number of ketones is 1. The second-order valence-corrected chi connectivity index (χ2v) is 7.26. The second kappa shape index (κ2) is 7.29. The van der Waals surface area contributed by atoms with Gasteiger partial charge in [-0.2, -0.15) is 0 Å². The van der Waals surface area contributed by atoms with Crippen LogP contribution in [0.2, 0.25) is 0 Å². The van der Waals surface area contributed by atoms with Gasteiger partial charge < -0.3 is 14.7 Å². The molecule has 3 rings (SSSR count). The Hall–Kier alpha value is -1.96. The molecule has 2 aromatic heterocycles. The van der Waals surface area contributed by atoms with E-state index < -0.39 is 17.7 Å². The highest BCUT2D eigenvalue weighted by atomic mass is 32.1. The van der Waals surface area contributed by atoms with Crippen molar-refractivity contribution in [3.8, 4) is 0 Å². The monoisotopic (exact) mass is 363 g/mol. The van der Waals surface area contributed by atoms with Gasteiger partial charge in [-0.25, -0.2) is 0 Å². The SMILES string of the molecule is COCCCN1C(=O)C(O)=C(C(=O)c2cccs2)C1c1cccs1. The normalized spacial score (nSPS) is 17.8. The molecule has 0 saturated heterocycles. The first kappa shape index (κ1) is 16.9. The summed E-state index contributed by atoms with van der Waals surface area (Å²) in [6.45, 7) is 0.927. The number of aliphatic hydroxyl groups is 1. The van der Waals surface area contributed by atoms with Crippen molar-refractivity contribution in [3.63, 3.8) is 0 Å². The third-order valence-electron chi connectivity index (χ3n) is 3.85. The van der Waals surface area contributed by atoms with Crippen LogP contribution < -0.4 is 0 Å². The Balaban J connectivity index is 1.98. The number of carbonyl (C=O) groups is 2. The molecule has 0 aromatic carbocycles. The summed E-state index contributed by atoms with van der Waals surface area (Å²) in [5.41, 5.74) is 0.169. The van der Waals surface area contributed by atoms with E-state index in [0.717, 1.165) is 4.88 Å². The molecule has 0 spiro atoms. The number of aliphatic hydroxyl groups excluding tert-OH is 1. The van der Waals surface area contributed by atoms with Gasteiger partial charge >= 0.3 is 0 Å². The first-order valence-electron chi connectivity index (χ1n) is 7.49. The zero-order valence-electron chi connectivity index (χ0n) is 13.1. The molecule has 24 heavy (non-hydrogen) atoms. The zero-order valence-corrected chi connectivity index (χ0v) is 14.7. The molecule has 0 aliphatic carbocycles. The van der Waals surface area contributed by atoms with Crippen LogP contribution in [0, 0.1) is 0 Å². The number of Topliss-reactive ketones (excluding diaryl/α,β-unsaturated/α-hetero) is 1. The average molecular weight is 363 g/mol. The predicted octanol–water partition coefficient (Wildman–Crippen LogP) is 3.42. The Morgan fingerprint density at radius 1 is 1.29 bits per heavy atom. The summed E-state index contributed by atoms with van der Waals surface area (Å²) in [6, 6.07) is 6.70. The molecule has 1 amide bonds. The van der Waals surface area contributed by atoms with Gasteiger partial charge in [-0.3, -0.25) is 9.59 Å². The highest BCUT2D eigenvalue weighted by molar-refractivity contribution is 7.12. The van der Waals surface area contributed by atoms with E-state index in [1.165, 1.54) is 22.7 Å². The van der Waals surface area contributed by atoms with E-state index in [9.17, 15) is 14.7 Å². The van der Waals surface area contributed by atoms with Crippen LogP contribution in [-0.4, -0.2) is 42.0 Å². The Morgan fingerprint density at radius 3 is 2.67 bits per heavy atom. The van der Waals surface area contributed by atoms with Crippen molar-refractivity contribution < 1.29 is 19.4 Å². The minimum Gasteiger partial charge on any atom is -0.503 e. The number of hydrogen-bond acceptors (Lipinski definition) is 6. The summed E-state index contributed by atoms with van der Waals surface area (Å²) < 4.78 is 5.05. The fourth-order valence-corrected chi connectivity index (χ4v) is 4.30. The standard InChI is InChI=1S/C17H17NO4S2/c1-22-8-4-7-18-14(11-5-2-9-23-11)13(16(20)17(18)21)15(19)12-6-3-10-24-12/h2-3,5-6,9-10,14,20H,4,7-8H2,1H3. The van der Waals surface area contributed by atoms with Gasteiger partial charge in [-0.1, -0.05) is 12.1 Å². The number of hydrogen-bond donors (Lipinski definition) is 1. The molecule has 1 aliphatic heterocycles. The maximum Gasteiger partial charge on any atom is 0.290 e. The van der Waals surface area contributed by atoms with Crippen LogP contribution in [0.25, 0.3) is 0 Å². The molecule has 7 heteroatoms. The van der Waals surface area contributed by atoms with Crippen LogP contribution >= 0.6 is 22.7 Å². The summed E-state index contributed by atoms with van der Waals surface area (Å²) in [7, 11) is 1.60. The second-order valence-electron chi connectivity index (χ2n) is 5.33. The van der Waals surface area contributed by atoms with Crippen molar-refractivity contribution >= 4 is 34.4 Å². The fourth-order valence-electron chi connectivity index (χ4n) is 2.78. The molecule has 0 radical (unpaired) electrons. The van der Waals surface area contributed by atoms with Crippen molar-refractivity contribution in [1.29, 1.82) is 0 Å². The molecule has 1 unspecified atom stereocenters. The molecule has 5 nitrogen and oxygen atoms in total. The van der Waals surface area contributed by atoms with Gasteiger partial charge in [0, 0.05) is 25.1 Å². The molecular weight excluding hydrogens is 346 g/mol. The van der Waals surface area contributed by atoms with E-state index in [0.29, 0.717) is 24.4 Å². The largest absolute Gasteiger partial charge is 0.503 e. The molecule has 2 aromatic rings. The molecule has 0 saturated carbocycles. The molecule has 0 bridgehead atoms. The van der Waals surface area contributed by atoms with Crippen molar-refractivity contribution in [3.05, 3.63) is 56.1 Å². The number of thiophene rings is 2. The first-order valence-corrected chi connectivity index (χ1v) is 9.25. The van der Waals surface area contributed by atoms with Gasteiger partial charge in [-0.15, -0.1) is 22.7 Å². The van der Waals surface area contributed by atoms with Gasteiger partial charge in [0.25, 0.3) is 5.91 Å². The highest BCUT2D eigenvalue weighted by Gasteiger charge is 2.44. The summed E-state index contributed by atoms with van der Waals surface area (Å²) >= 11 is 2.77. The van der Waals surface area contributed by atoms with E-state index in [4.69, 9.17) is 4.74 Å². The van der Waals surface area contributed by atoms with Gasteiger partial charge in [0.1, 0.15) is 0 Å². The number of rotatable bonds is 7. The van der Waals surface area contributed by atoms with Gasteiger partial charge in [0.05, 0.1) is 16.5 Å². The Bertz CT molecular complexity index is 750. The number of amides is 1. The first-order chi connectivity index (χ1) is 11.6. The summed E-state index contributed by atoms with van der Waals surface area (Å²) in [4.78, 5) is 28.3. The van der Waals surface area contributed by atoms with Crippen molar-refractivity contribution in [2.24, 2.45) is 0 Å². The predicted molar refractivity (Wildman–Crippen MR) is 93.6 cm³/mol. The lowest BCUT2D eigenvalue weighted by atomic mass is 10.0. The Morgan fingerprint density at radius 2 is 2.04 bits per heavy atom. The number of nitrogens with zero attached hydrogens (tertiary/aromatic N) is 1. The molecule has 3 heterocycles. The maximum atomic E-state index is 12.8. The van der Waals surface area contributed by atoms with Gasteiger partial charge in [-0.05, 0) is 29.3 Å². The van der Waals surface area contributed by atoms with E-state index in [1.54, 1.807) is 29.5 Å². The van der Waals surface area contributed by atoms with Crippen molar-refractivity contribution in [2.75, 3.05) is 20.3 Å². The lowest BCUT2D eigenvalue weighted by molar-refractivity contribution is -0.129. The van der Waals surface area contributed by atoms with Gasteiger partial charge in [0.2, 0.25) is 5.78 Å². The maximum absolute atomic E-state index is 12.8. The molecule has 1 aliphatic rings. The molecule has 126 valence electrons. The lowest BCUT2D eigenvalue weighted by Crippen LogP contribution is -2.32. The summed E-state index contributed by atoms with van der Waals surface area (Å²) in [6.07, 6.45) is 0.637. The van der Waals surface area contributed by atoms with E-state index in [1.807, 2.05) is 17.5 Å². The smallest absolute Gasteiger partial charge is 0.290 e. The Kier molecular flexibility index (Phi) is 5.13. The Labute approximate surface area is 147 Å². The van der Waals surface area contributed by atoms with E-state index in [2.05, 4.69) is 0 Å². The quantitative estimate of drug-likeness (QED) is 0.605. The number of carbonyl (C=O) groups excluding carboxylic acids is 2. The number of methoxy groups -OCH3 is 1. The van der Waals surface area contributed by atoms with Gasteiger partial charge in [0.15, 0.2) is 5.76 Å². The van der Waals surface area contributed by atoms with Crippen LogP contribution in [0.1, 0.15) is 27.0 Å². The zero-order chi connectivity index (χ0) is 17.1. The van der Waals surface area contributed by atoms with Crippen molar-refractivity contribution in [1.82, 2.24) is 4.90 Å². The van der Waals surface area contributed by atoms with Crippen molar-refractivity contribution in [2.45, 2.75) is 12.5 Å². The van der Waals surface area contributed by atoms with E-state index in [-0.39, 0.29) is 11.4 Å². The molecule has 1 atom stereocenters. The van der Waals surface area contributed by atoms with Crippen LogP contribution in [-0.2, 0) is 9.53 Å². The summed E-state index contributed by atoms with van der Waals surface area (Å²) in [5, 5.41) is 14.1. The summed E-state index contributed by atoms with van der Waals surface area (Å²) in [5.74, 6) is -1.22. The number of ether oxygens (including phenoxy) is 1. The average Bonchev–Trinajstić information content (AvgIpc) is 3.31. The molecular formula is C17H17NO4S2. The minimum absolute atomic E-state index is 0.169. The fraction of sp³-hybridized carbons (Fsp3) is 0.294. The molecule has 1 N–H and O–H groups in total. The van der Waals surface area contributed by atoms with Crippen LogP contribution in [0.15, 0.2) is 46.4 Å². The third kappa shape index (κ3) is 3.02.